The van der Waals surface area contributed by atoms with Gasteiger partial charge in [0.15, 0.2) is 0 Å². The molecule has 0 spiro atoms. The van der Waals surface area contributed by atoms with Crippen LogP contribution < -0.4 is 5.32 Å². The first-order valence-electron chi connectivity index (χ1n) is 7.66. The lowest BCUT2D eigenvalue weighted by Gasteiger charge is -2.29. The molecule has 1 aliphatic rings. The molecule has 1 heterocycles. The minimum absolute atomic E-state index is 0.0174. The molecule has 0 saturated heterocycles. The van der Waals surface area contributed by atoms with Crippen molar-refractivity contribution in [3.63, 3.8) is 0 Å². The summed E-state index contributed by atoms with van der Waals surface area (Å²) >= 11 is 6.12. The number of hydrogen-bond donors (Lipinski definition) is 2. The third-order valence-corrected chi connectivity index (χ3v) is 4.58. The van der Waals surface area contributed by atoms with E-state index in [0.717, 1.165) is 22.4 Å². The second-order valence-electron chi connectivity index (χ2n) is 6.05. The number of fused-ring (bicyclic) bond motifs is 1. The Kier molecular flexibility index (Phi) is 4.42. The zero-order chi connectivity index (χ0) is 16.6. The summed E-state index contributed by atoms with van der Waals surface area (Å²) in [5.74, 6) is -0.320. The normalized spacial score (nSPS) is 20.8. The van der Waals surface area contributed by atoms with Crippen LogP contribution in [0, 0.1) is 5.82 Å². The van der Waals surface area contributed by atoms with E-state index in [1.165, 1.54) is 6.07 Å². The van der Waals surface area contributed by atoms with Crippen LogP contribution in [0.1, 0.15) is 30.5 Å². The van der Waals surface area contributed by atoms with Gasteiger partial charge in [-0.3, -0.25) is 0 Å². The van der Waals surface area contributed by atoms with Crippen LogP contribution in [-0.2, 0) is 6.42 Å². The largest absolute Gasteiger partial charge is 0.391 e. The monoisotopic (exact) mass is 331 g/mol. The maximum atomic E-state index is 14.0. The molecule has 0 bridgehead atoms. The number of benzene rings is 2. The highest BCUT2D eigenvalue weighted by Crippen LogP contribution is 2.30. The van der Waals surface area contributed by atoms with E-state index < -0.39 is 0 Å². The number of halogens is 2. The first-order chi connectivity index (χ1) is 11.0. The van der Waals surface area contributed by atoms with Crippen LogP contribution in [0.2, 0.25) is 5.02 Å². The minimum Gasteiger partial charge on any atom is -0.391 e. The van der Waals surface area contributed by atoms with Crippen molar-refractivity contribution < 1.29 is 9.50 Å². The first kappa shape index (κ1) is 16.0. The fourth-order valence-corrected chi connectivity index (χ4v) is 3.25. The Morgan fingerprint density at radius 1 is 1.35 bits per heavy atom. The van der Waals surface area contributed by atoms with Gasteiger partial charge in [0.1, 0.15) is 5.82 Å². The molecule has 0 amide bonds. The van der Waals surface area contributed by atoms with Crippen LogP contribution >= 0.6 is 11.6 Å². The molecule has 23 heavy (non-hydrogen) atoms. The van der Waals surface area contributed by atoms with E-state index in [0.29, 0.717) is 17.0 Å². The number of allylic oxidation sites excluding steroid dienone is 1. The summed E-state index contributed by atoms with van der Waals surface area (Å²) in [5, 5.41) is 13.6. The molecule has 0 aromatic heterocycles. The Balaban J connectivity index is 1.96. The zero-order valence-corrected chi connectivity index (χ0v) is 13.9. The fourth-order valence-electron chi connectivity index (χ4n) is 2.94. The second-order valence-corrected chi connectivity index (χ2v) is 6.45. The Morgan fingerprint density at radius 3 is 2.87 bits per heavy atom. The molecule has 1 aliphatic heterocycles. The Morgan fingerprint density at radius 2 is 2.13 bits per heavy atom. The number of aliphatic hydroxyl groups is 1. The van der Waals surface area contributed by atoms with Crippen molar-refractivity contribution in [1.82, 2.24) is 0 Å². The highest BCUT2D eigenvalue weighted by molar-refractivity contribution is 6.32. The fraction of sp³-hybridized carbons (Fsp3) is 0.263. The molecule has 2 aromatic carbocycles. The Labute approximate surface area is 140 Å². The van der Waals surface area contributed by atoms with Crippen molar-refractivity contribution in [1.29, 1.82) is 0 Å². The Hall–Kier alpha value is -1.84. The van der Waals surface area contributed by atoms with Crippen LogP contribution in [0.15, 0.2) is 36.4 Å². The van der Waals surface area contributed by atoms with Gasteiger partial charge in [0, 0.05) is 23.7 Å². The number of hydrogen-bond acceptors (Lipinski definition) is 2. The first-order valence-corrected chi connectivity index (χ1v) is 8.03. The number of nitrogens with one attached hydrogen (secondary N) is 1. The lowest BCUT2D eigenvalue weighted by atomic mass is 9.94. The predicted octanol–water partition coefficient (Wildman–Crippen LogP) is 4.76. The van der Waals surface area contributed by atoms with Crippen molar-refractivity contribution in [3.8, 4) is 0 Å². The minimum atomic E-state index is -0.372. The van der Waals surface area contributed by atoms with Crippen molar-refractivity contribution >= 4 is 28.9 Å². The van der Waals surface area contributed by atoms with Gasteiger partial charge in [0.05, 0.1) is 11.1 Å². The van der Waals surface area contributed by atoms with Gasteiger partial charge >= 0.3 is 0 Å². The summed E-state index contributed by atoms with van der Waals surface area (Å²) in [5.41, 5.74) is 4.29. The van der Waals surface area contributed by atoms with E-state index in [9.17, 15) is 9.50 Å². The molecule has 2 aromatic rings. The summed E-state index contributed by atoms with van der Waals surface area (Å²) in [6, 6.07) is 10.7. The molecule has 0 aliphatic carbocycles. The molecule has 120 valence electrons. The van der Waals surface area contributed by atoms with Gasteiger partial charge in [0.25, 0.3) is 0 Å². The number of rotatable bonds is 2. The maximum absolute atomic E-state index is 14.0. The van der Waals surface area contributed by atoms with Crippen molar-refractivity contribution in [2.45, 2.75) is 32.4 Å². The molecular weight excluding hydrogens is 313 g/mol. The van der Waals surface area contributed by atoms with Crippen LogP contribution in [0.25, 0.3) is 11.6 Å². The van der Waals surface area contributed by atoms with Gasteiger partial charge in [-0.15, -0.1) is 0 Å². The summed E-state index contributed by atoms with van der Waals surface area (Å²) in [4.78, 5) is 0. The zero-order valence-electron chi connectivity index (χ0n) is 13.1. The third-order valence-electron chi connectivity index (χ3n) is 4.26. The molecule has 4 heteroatoms. The van der Waals surface area contributed by atoms with Gasteiger partial charge < -0.3 is 10.4 Å². The van der Waals surface area contributed by atoms with Crippen molar-refractivity contribution in [3.05, 3.63) is 63.9 Å². The molecule has 0 fully saturated rings. The topological polar surface area (TPSA) is 32.3 Å². The smallest absolute Gasteiger partial charge is 0.132 e. The van der Waals surface area contributed by atoms with E-state index in [2.05, 4.69) is 5.32 Å². The molecule has 2 nitrogen and oxygen atoms in total. The lowest BCUT2D eigenvalue weighted by molar-refractivity contribution is 0.154. The van der Waals surface area contributed by atoms with Gasteiger partial charge in [-0.2, -0.15) is 0 Å². The van der Waals surface area contributed by atoms with Crippen LogP contribution in [0.3, 0.4) is 0 Å². The molecular formula is C19H19ClFNO. The summed E-state index contributed by atoms with van der Waals surface area (Å²) in [7, 11) is 0. The summed E-state index contributed by atoms with van der Waals surface area (Å²) in [6.45, 7) is 3.81. The van der Waals surface area contributed by atoms with Gasteiger partial charge in [-0.25, -0.2) is 4.39 Å². The summed E-state index contributed by atoms with van der Waals surface area (Å²) in [6.07, 6.45) is 2.19. The third kappa shape index (κ3) is 3.26. The highest BCUT2D eigenvalue weighted by atomic mass is 35.5. The lowest BCUT2D eigenvalue weighted by Crippen LogP contribution is -2.36. The van der Waals surface area contributed by atoms with Crippen LogP contribution in [-0.4, -0.2) is 17.3 Å². The van der Waals surface area contributed by atoms with E-state index in [-0.39, 0.29) is 18.0 Å². The molecule has 2 N–H and O–H groups in total. The standard InChI is InChI=1S/C19H19ClFNO/c1-11(19-15(20)4-3-5-16(19)21)8-13-6-7-14-10-18(23)12(2)22-17(14)9-13/h3-9,12,18,22-23H,10H2,1-2H3/b11-8+/t12-,18+/m1/s1. The summed E-state index contributed by atoms with van der Waals surface area (Å²) < 4.78 is 14.0. The van der Waals surface area contributed by atoms with Gasteiger partial charge in [-0.05, 0) is 48.7 Å². The number of aliphatic hydroxyl groups excluding tert-OH is 1. The van der Waals surface area contributed by atoms with E-state index in [1.807, 2.05) is 38.1 Å². The van der Waals surface area contributed by atoms with Gasteiger partial charge in [0.2, 0.25) is 0 Å². The molecule has 0 unspecified atom stereocenters. The SMILES string of the molecule is C/C(=C\c1ccc2c(c1)N[C@H](C)[C@@H](O)C2)c1c(F)cccc1Cl. The number of anilines is 1. The average Bonchev–Trinajstić information content (AvgIpc) is 2.48. The van der Waals surface area contributed by atoms with Crippen LogP contribution in [0.5, 0.6) is 0 Å². The van der Waals surface area contributed by atoms with Crippen LogP contribution in [0.4, 0.5) is 10.1 Å². The van der Waals surface area contributed by atoms with Gasteiger partial charge in [-0.1, -0.05) is 35.9 Å². The van der Waals surface area contributed by atoms with Crippen molar-refractivity contribution in [2.24, 2.45) is 0 Å². The van der Waals surface area contributed by atoms with E-state index >= 15 is 0 Å². The quantitative estimate of drug-likeness (QED) is 0.778. The van der Waals surface area contributed by atoms with Crippen molar-refractivity contribution in [2.75, 3.05) is 5.32 Å². The maximum Gasteiger partial charge on any atom is 0.132 e. The average molecular weight is 332 g/mol. The van der Waals surface area contributed by atoms with E-state index in [1.54, 1.807) is 12.1 Å². The second kappa shape index (κ2) is 6.34. The molecule has 2 atom stereocenters. The molecule has 0 saturated carbocycles. The molecule has 0 radical (unpaired) electrons. The Bertz CT molecular complexity index is 752. The molecule has 3 rings (SSSR count). The predicted molar refractivity (Wildman–Crippen MR) is 94.2 cm³/mol. The highest BCUT2D eigenvalue weighted by Gasteiger charge is 2.22. The van der Waals surface area contributed by atoms with E-state index in [4.69, 9.17) is 11.6 Å².